The molecule has 1 N–H and O–H groups in total. The van der Waals surface area contributed by atoms with E-state index in [4.69, 9.17) is 4.74 Å². The van der Waals surface area contributed by atoms with Crippen LogP contribution in [0.4, 0.5) is 5.69 Å². The number of hydrogen-bond acceptors (Lipinski definition) is 4. The molecule has 1 atom stereocenters. The van der Waals surface area contributed by atoms with Crippen LogP contribution in [0.25, 0.3) is 0 Å². The first kappa shape index (κ1) is 14.6. The molecular formula is C13H20N2O3. The van der Waals surface area contributed by atoms with Crippen molar-refractivity contribution in [1.82, 2.24) is 5.32 Å². The third-order valence-electron chi connectivity index (χ3n) is 2.91. The first-order valence-corrected chi connectivity index (χ1v) is 6.03. The molecule has 18 heavy (non-hydrogen) atoms. The number of benzene rings is 1. The monoisotopic (exact) mass is 252 g/mol. The van der Waals surface area contributed by atoms with Crippen molar-refractivity contribution in [2.24, 2.45) is 0 Å². The Labute approximate surface area is 107 Å². The van der Waals surface area contributed by atoms with Gasteiger partial charge in [0.2, 0.25) is 0 Å². The molecule has 0 bridgehead atoms. The van der Waals surface area contributed by atoms with E-state index in [2.05, 4.69) is 5.32 Å². The lowest BCUT2D eigenvalue weighted by Gasteiger charge is -2.14. The van der Waals surface area contributed by atoms with Crippen LogP contribution in [0.1, 0.15) is 30.5 Å². The van der Waals surface area contributed by atoms with E-state index >= 15 is 0 Å². The lowest BCUT2D eigenvalue weighted by molar-refractivity contribution is -0.385. The zero-order chi connectivity index (χ0) is 13.5. The molecule has 1 unspecified atom stereocenters. The maximum atomic E-state index is 10.9. The number of methoxy groups -OCH3 is 1. The van der Waals surface area contributed by atoms with Gasteiger partial charge >= 0.3 is 0 Å². The summed E-state index contributed by atoms with van der Waals surface area (Å²) in [5.74, 6) is 0. The fourth-order valence-electron chi connectivity index (χ4n) is 1.75. The zero-order valence-corrected chi connectivity index (χ0v) is 11.1. The molecule has 0 spiro atoms. The number of aryl methyl sites for hydroxylation is 1. The van der Waals surface area contributed by atoms with Gasteiger partial charge in [0, 0.05) is 31.4 Å². The molecule has 0 aromatic heterocycles. The van der Waals surface area contributed by atoms with E-state index in [1.807, 2.05) is 13.0 Å². The van der Waals surface area contributed by atoms with Crippen LogP contribution in [0, 0.1) is 17.0 Å². The topological polar surface area (TPSA) is 64.4 Å². The molecular weight excluding hydrogens is 232 g/mol. The predicted octanol–water partition coefficient (Wildman–Crippen LogP) is 2.59. The Balaban J connectivity index is 2.65. The van der Waals surface area contributed by atoms with Gasteiger partial charge in [0.05, 0.1) is 4.92 Å². The molecule has 0 saturated heterocycles. The Bertz CT molecular complexity index is 407. The van der Waals surface area contributed by atoms with Crippen molar-refractivity contribution < 1.29 is 9.66 Å². The van der Waals surface area contributed by atoms with E-state index in [0.29, 0.717) is 12.2 Å². The molecule has 1 aromatic rings. The molecule has 5 nitrogen and oxygen atoms in total. The van der Waals surface area contributed by atoms with Gasteiger partial charge in [-0.2, -0.15) is 0 Å². The largest absolute Gasteiger partial charge is 0.385 e. The highest BCUT2D eigenvalue weighted by molar-refractivity contribution is 5.43. The molecule has 1 rings (SSSR count). The van der Waals surface area contributed by atoms with Gasteiger partial charge in [-0.1, -0.05) is 12.1 Å². The lowest BCUT2D eigenvalue weighted by atomic mass is 10.0. The third kappa shape index (κ3) is 4.09. The van der Waals surface area contributed by atoms with Gasteiger partial charge in [-0.05, 0) is 32.4 Å². The summed E-state index contributed by atoms with van der Waals surface area (Å²) in [6.45, 7) is 5.30. The molecule has 0 amide bonds. The maximum Gasteiger partial charge on any atom is 0.272 e. The number of nitro groups is 1. The number of nitrogens with one attached hydrogen (secondary N) is 1. The summed E-state index contributed by atoms with van der Waals surface area (Å²) in [6.07, 6.45) is 0.925. The molecule has 0 fully saturated rings. The average Bonchev–Trinajstić information content (AvgIpc) is 2.34. The normalized spacial score (nSPS) is 12.4. The van der Waals surface area contributed by atoms with Crippen molar-refractivity contribution in [3.63, 3.8) is 0 Å². The van der Waals surface area contributed by atoms with E-state index in [0.717, 1.165) is 18.5 Å². The summed E-state index contributed by atoms with van der Waals surface area (Å²) < 4.78 is 4.97. The van der Waals surface area contributed by atoms with Gasteiger partial charge < -0.3 is 10.1 Å². The van der Waals surface area contributed by atoms with Crippen LogP contribution in [0.5, 0.6) is 0 Å². The maximum absolute atomic E-state index is 10.9. The smallest absolute Gasteiger partial charge is 0.272 e. The molecule has 5 heteroatoms. The summed E-state index contributed by atoms with van der Waals surface area (Å²) >= 11 is 0. The van der Waals surface area contributed by atoms with Gasteiger partial charge in [-0.3, -0.25) is 10.1 Å². The highest BCUT2D eigenvalue weighted by atomic mass is 16.6. The van der Waals surface area contributed by atoms with Gasteiger partial charge in [0.15, 0.2) is 0 Å². The van der Waals surface area contributed by atoms with Crippen LogP contribution < -0.4 is 5.32 Å². The van der Waals surface area contributed by atoms with Crippen LogP contribution in [0.3, 0.4) is 0 Å². The third-order valence-corrected chi connectivity index (χ3v) is 2.91. The minimum atomic E-state index is -0.337. The summed E-state index contributed by atoms with van der Waals surface area (Å²) in [5.41, 5.74) is 1.80. The minimum Gasteiger partial charge on any atom is -0.385 e. The fraction of sp³-hybridized carbons (Fsp3) is 0.538. The number of nitro benzene ring substituents is 1. The van der Waals surface area contributed by atoms with Crippen LogP contribution in [0.15, 0.2) is 18.2 Å². The Hall–Kier alpha value is -1.46. The van der Waals surface area contributed by atoms with Crippen LogP contribution in [-0.2, 0) is 4.74 Å². The van der Waals surface area contributed by atoms with Crippen molar-refractivity contribution in [2.45, 2.75) is 26.3 Å². The molecule has 0 aliphatic heterocycles. The minimum absolute atomic E-state index is 0.0983. The van der Waals surface area contributed by atoms with Crippen LogP contribution in [0.2, 0.25) is 0 Å². The van der Waals surface area contributed by atoms with E-state index < -0.39 is 0 Å². The van der Waals surface area contributed by atoms with E-state index in [1.165, 1.54) is 0 Å². The van der Waals surface area contributed by atoms with Gasteiger partial charge in [0.25, 0.3) is 5.69 Å². The van der Waals surface area contributed by atoms with Gasteiger partial charge in [0.1, 0.15) is 0 Å². The van der Waals surface area contributed by atoms with Crippen LogP contribution >= 0.6 is 0 Å². The fourth-order valence-corrected chi connectivity index (χ4v) is 1.75. The first-order chi connectivity index (χ1) is 8.56. The molecule has 1 aromatic carbocycles. The van der Waals surface area contributed by atoms with Gasteiger partial charge in [-0.25, -0.2) is 0 Å². The molecule has 100 valence electrons. The first-order valence-electron chi connectivity index (χ1n) is 6.03. The standard InChI is InChI=1S/C13H20N2O3/c1-10-5-6-12(9-13(10)15(16)17)11(2)14-7-4-8-18-3/h5-6,9,11,14H,4,7-8H2,1-3H3. The number of hydrogen-bond donors (Lipinski definition) is 1. The summed E-state index contributed by atoms with van der Waals surface area (Å²) in [6, 6.07) is 5.46. The average molecular weight is 252 g/mol. The van der Waals surface area contributed by atoms with Crippen molar-refractivity contribution >= 4 is 5.69 Å². The number of ether oxygens (including phenoxy) is 1. The Morgan fingerprint density at radius 2 is 2.22 bits per heavy atom. The highest BCUT2D eigenvalue weighted by Crippen LogP contribution is 2.23. The molecule has 0 heterocycles. The predicted molar refractivity (Wildman–Crippen MR) is 70.7 cm³/mol. The van der Waals surface area contributed by atoms with Crippen LogP contribution in [-0.4, -0.2) is 25.2 Å². The quantitative estimate of drug-likeness (QED) is 0.460. The second-order valence-corrected chi connectivity index (χ2v) is 4.33. The Morgan fingerprint density at radius 1 is 1.50 bits per heavy atom. The summed E-state index contributed by atoms with van der Waals surface area (Å²) in [7, 11) is 1.67. The number of rotatable bonds is 7. The Kier molecular flexibility index (Phi) is 5.74. The molecule has 0 saturated carbocycles. The zero-order valence-electron chi connectivity index (χ0n) is 11.1. The summed E-state index contributed by atoms with van der Waals surface area (Å²) in [4.78, 5) is 10.5. The van der Waals surface area contributed by atoms with Crippen molar-refractivity contribution in [2.75, 3.05) is 20.3 Å². The van der Waals surface area contributed by atoms with Crippen molar-refractivity contribution in [3.05, 3.63) is 39.4 Å². The second-order valence-electron chi connectivity index (χ2n) is 4.33. The molecule has 0 radical (unpaired) electrons. The lowest BCUT2D eigenvalue weighted by Crippen LogP contribution is -2.21. The van der Waals surface area contributed by atoms with Gasteiger partial charge in [-0.15, -0.1) is 0 Å². The van der Waals surface area contributed by atoms with E-state index in [9.17, 15) is 10.1 Å². The van der Waals surface area contributed by atoms with Crippen molar-refractivity contribution in [3.8, 4) is 0 Å². The highest BCUT2D eigenvalue weighted by Gasteiger charge is 2.13. The SMILES string of the molecule is COCCCNC(C)c1ccc(C)c([N+](=O)[O-])c1. The summed E-state index contributed by atoms with van der Waals surface area (Å²) in [5, 5.41) is 14.2. The molecule has 0 aliphatic rings. The molecule has 0 aliphatic carbocycles. The van der Waals surface area contributed by atoms with E-state index in [-0.39, 0.29) is 16.7 Å². The Morgan fingerprint density at radius 3 is 2.83 bits per heavy atom. The van der Waals surface area contributed by atoms with E-state index in [1.54, 1.807) is 26.2 Å². The number of nitrogens with zero attached hydrogens (tertiary/aromatic N) is 1. The second kappa shape index (κ2) is 7.08. The van der Waals surface area contributed by atoms with Crippen molar-refractivity contribution in [1.29, 1.82) is 0 Å².